The third-order valence-corrected chi connectivity index (χ3v) is 4.75. The zero-order valence-corrected chi connectivity index (χ0v) is 13.5. The molecule has 2 aromatic rings. The number of nitrogens with zero attached hydrogens (tertiary/aromatic N) is 2. The molecule has 0 unspecified atom stereocenters. The first kappa shape index (κ1) is 15.1. The molecule has 4 rings (SSSR count). The van der Waals surface area contributed by atoms with Gasteiger partial charge in [-0.1, -0.05) is 18.2 Å². The standard InChI is InChI=1S/C19H20N2O3/c22-19(23)16-5-1-4-14-11-21(9-10-24-18(14)16)12-15-8-7-13-3-2-6-17(13)20-15/h1,4-5,7-8H,2-3,6,9-12H2,(H,22,23). The van der Waals surface area contributed by atoms with Crippen LogP contribution >= 0.6 is 0 Å². The Hall–Kier alpha value is -2.40. The highest BCUT2D eigenvalue weighted by Crippen LogP contribution is 2.28. The lowest BCUT2D eigenvalue weighted by Crippen LogP contribution is -2.25. The van der Waals surface area contributed by atoms with Gasteiger partial charge in [-0.25, -0.2) is 4.79 Å². The molecule has 0 saturated carbocycles. The van der Waals surface area contributed by atoms with Crippen LogP contribution in [-0.4, -0.2) is 34.1 Å². The van der Waals surface area contributed by atoms with Gasteiger partial charge < -0.3 is 9.84 Å². The molecule has 0 bridgehead atoms. The molecule has 5 heteroatoms. The van der Waals surface area contributed by atoms with Gasteiger partial charge in [-0.15, -0.1) is 0 Å². The molecule has 5 nitrogen and oxygen atoms in total. The van der Waals surface area contributed by atoms with E-state index in [0.717, 1.165) is 37.2 Å². The van der Waals surface area contributed by atoms with Crippen LogP contribution in [0.4, 0.5) is 0 Å². The smallest absolute Gasteiger partial charge is 0.339 e. The van der Waals surface area contributed by atoms with Gasteiger partial charge in [-0.3, -0.25) is 9.88 Å². The largest absolute Gasteiger partial charge is 0.491 e. The highest BCUT2D eigenvalue weighted by molar-refractivity contribution is 5.91. The van der Waals surface area contributed by atoms with Crippen LogP contribution < -0.4 is 4.74 Å². The summed E-state index contributed by atoms with van der Waals surface area (Å²) >= 11 is 0. The van der Waals surface area contributed by atoms with Crippen molar-refractivity contribution in [3.63, 3.8) is 0 Å². The van der Waals surface area contributed by atoms with Crippen LogP contribution in [0.2, 0.25) is 0 Å². The van der Waals surface area contributed by atoms with Crippen LogP contribution in [0.1, 0.15) is 39.3 Å². The summed E-state index contributed by atoms with van der Waals surface area (Å²) in [5, 5.41) is 9.32. The lowest BCUT2D eigenvalue weighted by Gasteiger charge is -2.19. The number of pyridine rings is 1. The predicted molar refractivity (Wildman–Crippen MR) is 89.3 cm³/mol. The number of carboxylic acids is 1. The second-order valence-electron chi connectivity index (χ2n) is 6.42. The number of aromatic carboxylic acids is 1. The highest BCUT2D eigenvalue weighted by atomic mass is 16.5. The number of hydrogen-bond donors (Lipinski definition) is 1. The molecule has 0 amide bonds. The van der Waals surface area contributed by atoms with Crippen molar-refractivity contribution in [2.75, 3.05) is 13.2 Å². The number of para-hydroxylation sites is 1. The minimum absolute atomic E-state index is 0.241. The summed E-state index contributed by atoms with van der Waals surface area (Å²) < 4.78 is 5.74. The Bertz CT molecular complexity index is 788. The Morgan fingerprint density at radius 1 is 1.21 bits per heavy atom. The third-order valence-electron chi connectivity index (χ3n) is 4.75. The predicted octanol–water partition coefficient (Wildman–Crippen LogP) is 2.66. The normalized spacial score (nSPS) is 16.8. The van der Waals surface area contributed by atoms with Gasteiger partial charge in [-0.2, -0.15) is 0 Å². The maximum Gasteiger partial charge on any atom is 0.339 e. The van der Waals surface area contributed by atoms with Crippen LogP contribution in [0.5, 0.6) is 5.75 Å². The number of aryl methyl sites for hydroxylation is 2. The van der Waals surface area contributed by atoms with E-state index in [0.29, 0.717) is 18.9 Å². The number of benzene rings is 1. The van der Waals surface area contributed by atoms with Crippen LogP contribution in [-0.2, 0) is 25.9 Å². The van der Waals surface area contributed by atoms with E-state index in [1.54, 1.807) is 12.1 Å². The van der Waals surface area contributed by atoms with Gasteiger partial charge in [0.2, 0.25) is 0 Å². The van der Waals surface area contributed by atoms with Gasteiger partial charge in [0.05, 0.1) is 5.69 Å². The van der Waals surface area contributed by atoms with E-state index in [1.165, 1.54) is 17.7 Å². The monoisotopic (exact) mass is 324 g/mol. The topological polar surface area (TPSA) is 62.7 Å². The number of rotatable bonds is 3. The molecule has 2 aliphatic rings. The summed E-state index contributed by atoms with van der Waals surface area (Å²) in [5.41, 5.74) is 4.87. The van der Waals surface area contributed by atoms with Crippen molar-refractivity contribution in [1.29, 1.82) is 0 Å². The summed E-state index contributed by atoms with van der Waals surface area (Å²) in [6.45, 7) is 2.68. The Morgan fingerprint density at radius 3 is 3.00 bits per heavy atom. The molecule has 1 aromatic carbocycles. The number of fused-ring (bicyclic) bond motifs is 2. The van der Waals surface area contributed by atoms with Crippen molar-refractivity contribution in [1.82, 2.24) is 9.88 Å². The Kier molecular flexibility index (Phi) is 3.94. The minimum Gasteiger partial charge on any atom is -0.491 e. The lowest BCUT2D eigenvalue weighted by molar-refractivity contribution is 0.0692. The molecular weight excluding hydrogens is 304 g/mol. The first-order valence-corrected chi connectivity index (χ1v) is 8.39. The van der Waals surface area contributed by atoms with Gasteiger partial charge in [0.1, 0.15) is 17.9 Å². The van der Waals surface area contributed by atoms with Crippen LogP contribution in [0.25, 0.3) is 0 Å². The number of ether oxygens (including phenoxy) is 1. The average Bonchev–Trinajstić information content (AvgIpc) is 2.93. The van der Waals surface area contributed by atoms with Crippen molar-refractivity contribution in [2.45, 2.75) is 32.4 Å². The van der Waals surface area contributed by atoms with E-state index in [4.69, 9.17) is 9.72 Å². The first-order chi connectivity index (χ1) is 11.7. The van der Waals surface area contributed by atoms with Crippen LogP contribution in [0.15, 0.2) is 30.3 Å². The van der Waals surface area contributed by atoms with Crippen molar-refractivity contribution >= 4 is 5.97 Å². The molecule has 0 atom stereocenters. The summed E-state index contributed by atoms with van der Waals surface area (Å²) in [4.78, 5) is 18.4. The summed E-state index contributed by atoms with van der Waals surface area (Å²) in [5.74, 6) is -0.435. The first-order valence-electron chi connectivity index (χ1n) is 8.39. The Labute approximate surface area is 140 Å². The molecule has 1 N–H and O–H groups in total. The summed E-state index contributed by atoms with van der Waals surface area (Å²) in [6.07, 6.45) is 3.43. The van der Waals surface area contributed by atoms with E-state index in [1.807, 2.05) is 6.07 Å². The van der Waals surface area contributed by atoms with Gasteiger partial charge in [0.15, 0.2) is 0 Å². The average molecular weight is 324 g/mol. The third kappa shape index (κ3) is 2.87. The molecular formula is C19H20N2O3. The summed E-state index contributed by atoms with van der Waals surface area (Å²) in [6, 6.07) is 9.64. The molecule has 0 radical (unpaired) electrons. The minimum atomic E-state index is -0.944. The van der Waals surface area contributed by atoms with Crippen molar-refractivity contribution < 1.29 is 14.6 Å². The quantitative estimate of drug-likeness (QED) is 0.940. The highest BCUT2D eigenvalue weighted by Gasteiger charge is 2.21. The maximum atomic E-state index is 11.4. The molecule has 124 valence electrons. The second kappa shape index (κ2) is 6.24. The van der Waals surface area contributed by atoms with E-state index in [2.05, 4.69) is 17.0 Å². The number of carboxylic acid groups (broad SMARTS) is 1. The van der Waals surface area contributed by atoms with Gasteiger partial charge in [0.25, 0.3) is 0 Å². The Balaban J connectivity index is 1.55. The Morgan fingerprint density at radius 2 is 2.12 bits per heavy atom. The number of aromatic nitrogens is 1. The molecule has 1 aromatic heterocycles. The summed E-state index contributed by atoms with van der Waals surface area (Å²) in [7, 11) is 0. The lowest BCUT2D eigenvalue weighted by atomic mass is 10.1. The van der Waals surface area contributed by atoms with E-state index < -0.39 is 5.97 Å². The molecule has 2 heterocycles. The van der Waals surface area contributed by atoms with E-state index >= 15 is 0 Å². The molecule has 24 heavy (non-hydrogen) atoms. The van der Waals surface area contributed by atoms with E-state index in [-0.39, 0.29) is 5.56 Å². The molecule has 0 spiro atoms. The van der Waals surface area contributed by atoms with Crippen molar-refractivity contribution in [3.05, 3.63) is 58.4 Å². The number of hydrogen-bond acceptors (Lipinski definition) is 4. The number of carbonyl (C=O) groups is 1. The molecule has 1 aliphatic heterocycles. The van der Waals surface area contributed by atoms with Crippen LogP contribution in [0.3, 0.4) is 0 Å². The zero-order valence-electron chi connectivity index (χ0n) is 13.5. The fourth-order valence-electron chi connectivity index (χ4n) is 3.56. The molecule has 1 aliphatic carbocycles. The molecule has 0 fully saturated rings. The fourth-order valence-corrected chi connectivity index (χ4v) is 3.56. The maximum absolute atomic E-state index is 11.4. The fraction of sp³-hybridized carbons (Fsp3) is 0.368. The van der Waals surface area contributed by atoms with E-state index in [9.17, 15) is 9.90 Å². The molecule has 0 saturated heterocycles. The van der Waals surface area contributed by atoms with Crippen LogP contribution in [0, 0.1) is 0 Å². The van der Waals surface area contributed by atoms with Crippen molar-refractivity contribution in [2.24, 2.45) is 0 Å². The van der Waals surface area contributed by atoms with Gasteiger partial charge in [-0.05, 0) is 37.0 Å². The van der Waals surface area contributed by atoms with Crippen molar-refractivity contribution in [3.8, 4) is 5.75 Å². The van der Waals surface area contributed by atoms with Gasteiger partial charge in [0, 0.05) is 30.9 Å². The second-order valence-corrected chi connectivity index (χ2v) is 6.42. The van der Waals surface area contributed by atoms with Gasteiger partial charge >= 0.3 is 5.97 Å². The zero-order chi connectivity index (χ0) is 16.5. The SMILES string of the molecule is O=C(O)c1cccc2c1OCCN(Cc1ccc3c(n1)CCC3)C2.